The Hall–Kier alpha value is -5.10. The number of carbonyl (C=O) groups is 1. The Balaban J connectivity index is 0.927. The fourth-order valence-corrected chi connectivity index (χ4v) is 5.54. The highest BCUT2D eigenvalue weighted by Crippen LogP contribution is 2.47. The number of hydrogen-bond donors (Lipinski definition) is 0. The average molecular weight is 703 g/mol. The first kappa shape index (κ1) is 35.7. The maximum absolute atomic E-state index is 12.5. The minimum atomic E-state index is -4.77. The molecule has 4 aromatic rings. The van der Waals surface area contributed by atoms with E-state index < -0.39 is 12.3 Å². The van der Waals surface area contributed by atoms with Gasteiger partial charge in [-0.3, -0.25) is 0 Å². The SMILES string of the molecule is CC1c2cc(OOCC=Cc3ccc(OCCCCOCC4CO4)cc3)ccc2-c2ccc(OC(=O)C=Cc3ccc(OC(F)(F)F)cc3)cc21. The fraction of sp³-hybridized carbons (Fsp3) is 0.275. The van der Waals surface area contributed by atoms with Gasteiger partial charge < -0.3 is 28.6 Å². The van der Waals surface area contributed by atoms with Gasteiger partial charge in [0.05, 0.1) is 19.8 Å². The van der Waals surface area contributed by atoms with Gasteiger partial charge in [0, 0.05) is 18.6 Å². The van der Waals surface area contributed by atoms with Gasteiger partial charge in [-0.1, -0.05) is 55.5 Å². The third-order valence-corrected chi connectivity index (χ3v) is 8.18. The van der Waals surface area contributed by atoms with E-state index in [2.05, 4.69) is 11.7 Å². The number of unbranched alkanes of at least 4 members (excludes halogenated alkanes) is 1. The van der Waals surface area contributed by atoms with Crippen molar-refractivity contribution in [1.82, 2.24) is 0 Å². The topological polar surface area (TPSA) is 85.0 Å². The Morgan fingerprint density at radius 2 is 1.41 bits per heavy atom. The highest BCUT2D eigenvalue weighted by Gasteiger charge is 2.31. The summed E-state index contributed by atoms with van der Waals surface area (Å²) in [5, 5.41) is 0. The predicted octanol–water partition coefficient (Wildman–Crippen LogP) is 8.93. The molecule has 2 atom stereocenters. The number of rotatable bonds is 17. The number of alkyl halides is 3. The van der Waals surface area contributed by atoms with Crippen molar-refractivity contribution < 1.29 is 51.4 Å². The molecule has 0 amide bonds. The van der Waals surface area contributed by atoms with Gasteiger partial charge in [0.2, 0.25) is 0 Å². The van der Waals surface area contributed by atoms with Crippen LogP contribution in [0.5, 0.6) is 23.0 Å². The standard InChI is InChI=1S/C40H37F3O8/c1-27-37-23-32(49-39(44)19-10-29-8-13-31(14-9-29)50-40(41,42)43)15-17-35(37)36-18-16-33(24-38(27)36)51-48-22-4-5-28-6-11-30(12-7-28)46-21-3-2-20-45-25-34-26-47-34/h4-19,23-24,27,34H,2-3,20-22,25-26H2,1H3. The van der Waals surface area contributed by atoms with E-state index in [1.807, 2.05) is 66.7 Å². The van der Waals surface area contributed by atoms with Crippen LogP contribution in [-0.2, 0) is 19.2 Å². The summed E-state index contributed by atoms with van der Waals surface area (Å²) in [5.74, 6) is 0.820. The summed E-state index contributed by atoms with van der Waals surface area (Å²) in [7, 11) is 0. The van der Waals surface area contributed by atoms with Crippen molar-refractivity contribution in [2.45, 2.75) is 38.1 Å². The van der Waals surface area contributed by atoms with Crippen LogP contribution >= 0.6 is 0 Å². The number of fused-ring (bicyclic) bond motifs is 3. The van der Waals surface area contributed by atoms with Gasteiger partial charge in [-0.2, -0.15) is 4.89 Å². The smallest absolute Gasteiger partial charge is 0.494 e. The molecule has 0 bridgehead atoms. The molecule has 2 unspecified atom stereocenters. The molecule has 11 heteroatoms. The third-order valence-electron chi connectivity index (χ3n) is 8.18. The van der Waals surface area contributed by atoms with Crippen molar-refractivity contribution in [3.05, 3.63) is 119 Å². The zero-order valence-corrected chi connectivity index (χ0v) is 27.9. The zero-order valence-electron chi connectivity index (χ0n) is 27.9. The van der Waals surface area contributed by atoms with Crippen LogP contribution < -0.4 is 19.1 Å². The van der Waals surface area contributed by atoms with Crippen molar-refractivity contribution in [2.75, 3.05) is 33.0 Å². The number of hydrogen-bond acceptors (Lipinski definition) is 8. The fourth-order valence-electron chi connectivity index (χ4n) is 5.54. The van der Waals surface area contributed by atoms with E-state index in [9.17, 15) is 18.0 Å². The number of halogens is 3. The summed E-state index contributed by atoms with van der Waals surface area (Å²) in [6, 6.07) is 24.2. The molecule has 1 aliphatic heterocycles. The first-order valence-corrected chi connectivity index (χ1v) is 16.6. The van der Waals surface area contributed by atoms with Gasteiger partial charge in [-0.25, -0.2) is 4.79 Å². The van der Waals surface area contributed by atoms with Crippen molar-refractivity contribution >= 4 is 18.1 Å². The minimum absolute atomic E-state index is 0.0125. The van der Waals surface area contributed by atoms with Crippen molar-refractivity contribution in [3.8, 4) is 34.1 Å². The molecule has 4 aromatic carbocycles. The number of epoxide rings is 1. The quantitative estimate of drug-likeness (QED) is 0.0205. The molecule has 0 N–H and O–H groups in total. The van der Waals surface area contributed by atoms with Crippen LogP contribution in [0.25, 0.3) is 23.3 Å². The van der Waals surface area contributed by atoms with Crippen LogP contribution in [0.2, 0.25) is 0 Å². The van der Waals surface area contributed by atoms with Gasteiger partial charge in [0.25, 0.3) is 0 Å². The van der Waals surface area contributed by atoms with E-state index in [-0.39, 0.29) is 18.3 Å². The van der Waals surface area contributed by atoms with Gasteiger partial charge in [-0.15, -0.1) is 13.2 Å². The van der Waals surface area contributed by atoms with Crippen molar-refractivity contribution in [3.63, 3.8) is 0 Å². The van der Waals surface area contributed by atoms with Gasteiger partial charge in [-0.05, 0) is 101 Å². The summed E-state index contributed by atoms with van der Waals surface area (Å²) in [6.07, 6.45) is 3.89. The van der Waals surface area contributed by atoms with Gasteiger partial charge in [0.15, 0.2) is 5.75 Å². The van der Waals surface area contributed by atoms with E-state index in [0.717, 1.165) is 59.6 Å². The molecule has 0 saturated carbocycles. The zero-order chi connectivity index (χ0) is 35.6. The summed E-state index contributed by atoms with van der Waals surface area (Å²) >= 11 is 0. The first-order chi connectivity index (χ1) is 24.7. The Bertz CT molecular complexity index is 1830. The van der Waals surface area contributed by atoms with E-state index in [1.54, 1.807) is 6.07 Å². The summed E-state index contributed by atoms with van der Waals surface area (Å²) in [6.45, 7) is 5.18. The van der Waals surface area contributed by atoms with Crippen molar-refractivity contribution in [2.24, 2.45) is 0 Å². The molecule has 6 rings (SSSR count). The van der Waals surface area contributed by atoms with Crippen LogP contribution in [0.4, 0.5) is 13.2 Å². The molecule has 2 aliphatic rings. The van der Waals surface area contributed by atoms with E-state index >= 15 is 0 Å². The Morgan fingerprint density at radius 1 is 0.804 bits per heavy atom. The molecular formula is C40H37F3O8. The number of carbonyl (C=O) groups excluding carboxylic acids is 1. The summed E-state index contributed by atoms with van der Waals surface area (Å²) in [4.78, 5) is 23.5. The largest absolute Gasteiger partial charge is 0.573 e. The lowest BCUT2D eigenvalue weighted by molar-refractivity contribution is -0.274. The van der Waals surface area contributed by atoms with E-state index in [0.29, 0.717) is 36.4 Å². The van der Waals surface area contributed by atoms with Crippen LogP contribution in [0, 0.1) is 0 Å². The Labute approximate surface area is 293 Å². The lowest BCUT2D eigenvalue weighted by Crippen LogP contribution is -2.16. The Kier molecular flexibility index (Phi) is 11.7. The molecule has 0 spiro atoms. The third kappa shape index (κ3) is 10.7. The molecular weight excluding hydrogens is 665 g/mol. The van der Waals surface area contributed by atoms with Crippen LogP contribution in [0.15, 0.2) is 97.1 Å². The van der Waals surface area contributed by atoms with Crippen molar-refractivity contribution in [1.29, 1.82) is 0 Å². The predicted molar refractivity (Wildman–Crippen MR) is 185 cm³/mol. The molecule has 8 nitrogen and oxygen atoms in total. The molecule has 0 aromatic heterocycles. The van der Waals surface area contributed by atoms with Gasteiger partial charge in [0.1, 0.15) is 30.0 Å². The minimum Gasteiger partial charge on any atom is -0.494 e. The number of esters is 1. The van der Waals surface area contributed by atoms with Crippen LogP contribution in [0.3, 0.4) is 0 Å². The van der Waals surface area contributed by atoms with Gasteiger partial charge >= 0.3 is 12.3 Å². The van der Waals surface area contributed by atoms with E-state index in [1.165, 1.54) is 36.4 Å². The molecule has 51 heavy (non-hydrogen) atoms. The summed E-state index contributed by atoms with van der Waals surface area (Å²) < 4.78 is 62.9. The maximum Gasteiger partial charge on any atom is 0.573 e. The lowest BCUT2D eigenvalue weighted by atomic mass is 9.99. The molecule has 266 valence electrons. The number of benzene rings is 4. The lowest BCUT2D eigenvalue weighted by Gasteiger charge is -2.09. The molecule has 1 fully saturated rings. The summed E-state index contributed by atoms with van der Waals surface area (Å²) in [5.41, 5.74) is 5.67. The second-order valence-electron chi connectivity index (χ2n) is 12.0. The van der Waals surface area contributed by atoms with Crippen LogP contribution in [-0.4, -0.2) is 51.5 Å². The first-order valence-electron chi connectivity index (χ1n) is 16.6. The second kappa shape index (κ2) is 16.7. The molecule has 1 heterocycles. The molecule has 1 saturated heterocycles. The molecule has 1 aliphatic carbocycles. The highest BCUT2D eigenvalue weighted by molar-refractivity contribution is 5.89. The average Bonchev–Trinajstić information content (AvgIpc) is 3.91. The highest BCUT2D eigenvalue weighted by atomic mass is 19.4. The normalized spacial score (nSPS) is 16.2. The maximum atomic E-state index is 12.5. The Morgan fingerprint density at radius 3 is 2.10 bits per heavy atom. The van der Waals surface area contributed by atoms with Crippen LogP contribution in [0.1, 0.15) is 47.9 Å². The molecule has 0 radical (unpaired) electrons. The number of ether oxygens (including phenoxy) is 5. The monoisotopic (exact) mass is 702 g/mol. The second-order valence-corrected chi connectivity index (χ2v) is 12.0. The van der Waals surface area contributed by atoms with E-state index in [4.69, 9.17) is 28.7 Å².